The zero-order chi connectivity index (χ0) is 22.0. The van der Waals surface area contributed by atoms with E-state index < -0.39 is 0 Å². The number of carbonyl (C=O) groups excluding carboxylic acids is 1. The summed E-state index contributed by atoms with van der Waals surface area (Å²) >= 11 is 6.71. The van der Waals surface area contributed by atoms with E-state index in [1.807, 2.05) is 26.8 Å². The third-order valence-corrected chi connectivity index (χ3v) is 7.01. The van der Waals surface area contributed by atoms with Gasteiger partial charge in [-0.1, -0.05) is 36.8 Å². The summed E-state index contributed by atoms with van der Waals surface area (Å²) in [5, 5.41) is 9.66. The molecule has 6 nitrogen and oxygen atoms in total. The molecule has 0 saturated carbocycles. The van der Waals surface area contributed by atoms with Crippen LogP contribution in [-0.4, -0.2) is 38.8 Å². The van der Waals surface area contributed by atoms with E-state index in [0.717, 1.165) is 37.3 Å². The summed E-state index contributed by atoms with van der Waals surface area (Å²) in [7, 11) is 0. The van der Waals surface area contributed by atoms with Gasteiger partial charge in [-0.05, 0) is 52.2 Å². The van der Waals surface area contributed by atoms with Crippen LogP contribution in [0.3, 0.4) is 0 Å². The summed E-state index contributed by atoms with van der Waals surface area (Å²) in [5.41, 5.74) is 1.28. The first-order chi connectivity index (χ1) is 14.3. The molecule has 8 heteroatoms. The van der Waals surface area contributed by atoms with Crippen LogP contribution < -0.4 is 10.5 Å². The first kappa shape index (κ1) is 22.6. The van der Waals surface area contributed by atoms with Crippen LogP contribution in [0.5, 0.6) is 0 Å². The van der Waals surface area contributed by atoms with Gasteiger partial charge < -0.3 is 4.90 Å². The molecule has 2 saturated heterocycles. The first-order valence-corrected chi connectivity index (χ1v) is 11.7. The van der Waals surface area contributed by atoms with Crippen LogP contribution >= 0.6 is 24.0 Å². The van der Waals surface area contributed by atoms with Crippen molar-refractivity contribution in [3.05, 3.63) is 31.9 Å². The van der Waals surface area contributed by atoms with E-state index in [4.69, 9.17) is 12.2 Å². The van der Waals surface area contributed by atoms with Crippen LogP contribution in [0.4, 0.5) is 5.82 Å². The van der Waals surface area contributed by atoms with Crippen LogP contribution in [0.25, 0.3) is 6.08 Å². The van der Waals surface area contributed by atoms with Crippen LogP contribution in [0.1, 0.15) is 63.1 Å². The third kappa shape index (κ3) is 4.06. The average molecular weight is 445 g/mol. The van der Waals surface area contributed by atoms with Gasteiger partial charge in [0.25, 0.3) is 11.5 Å². The molecule has 0 radical (unpaired) electrons. The maximum Gasteiger partial charge on any atom is 0.270 e. The average Bonchev–Trinajstić information content (AvgIpc) is 2.87. The van der Waals surface area contributed by atoms with Crippen LogP contribution in [0.15, 0.2) is 9.70 Å². The van der Waals surface area contributed by atoms with Gasteiger partial charge in [0.2, 0.25) is 0 Å². The Morgan fingerprint density at radius 1 is 1.20 bits per heavy atom. The Balaban J connectivity index is 2.25. The summed E-state index contributed by atoms with van der Waals surface area (Å²) in [5.74, 6) is 0.699. The monoisotopic (exact) mass is 444 g/mol. The molecule has 0 N–H and O–H groups in total. The second-order valence-corrected chi connectivity index (χ2v) is 9.62. The van der Waals surface area contributed by atoms with E-state index in [1.165, 1.54) is 24.6 Å². The number of hydrogen-bond donors (Lipinski definition) is 0. The number of rotatable bonds is 4. The molecular formula is C22H28N4O2S2. The minimum Gasteiger partial charge on any atom is -0.357 e. The Morgan fingerprint density at radius 3 is 2.33 bits per heavy atom. The van der Waals surface area contributed by atoms with Crippen molar-refractivity contribution in [3.63, 3.8) is 0 Å². The molecule has 0 aromatic carbocycles. The number of amides is 1. The standard InChI is InChI=1S/C22H28N4O2S2/c1-5-25-19(24-10-8-6-7-9-11-24)16(15(4)17(13-23)20(25)27)12-18-21(28)26(14(2)3)22(29)30-18/h12,14H,5-11H2,1-4H3. The highest BCUT2D eigenvalue weighted by Crippen LogP contribution is 2.37. The zero-order valence-corrected chi connectivity index (χ0v) is 19.7. The highest BCUT2D eigenvalue weighted by Gasteiger charge is 2.34. The normalized spacial score (nSPS) is 19.0. The van der Waals surface area contributed by atoms with Crippen molar-refractivity contribution in [2.24, 2.45) is 0 Å². The van der Waals surface area contributed by atoms with Crippen LogP contribution in [-0.2, 0) is 11.3 Å². The molecule has 2 aliphatic heterocycles. The molecule has 160 valence electrons. The fourth-order valence-electron chi connectivity index (χ4n) is 4.12. The van der Waals surface area contributed by atoms with E-state index >= 15 is 0 Å². The summed E-state index contributed by atoms with van der Waals surface area (Å²) in [6.07, 6.45) is 6.30. The van der Waals surface area contributed by atoms with Gasteiger partial charge in [0.15, 0.2) is 0 Å². The van der Waals surface area contributed by atoms with Crippen LogP contribution in [0.2, 0.25) is 0 Å². The molecule has 1 aromatic heterocycles. The Hall–Kier alpha value is -2.11. The summed E-state index contributed by atoms with van der Waals surface area (Å²) in [4.78, 5) is 30.4. The van der Waals surface area contributed by atoms with Crippen LogP contribution in [0, 0.1) is 18.3 Å². The van der Waals surface area contributed by atoms with Gasteiger partial charge in [0.1, 0.15) is 21.8 Å². The van der Waals surface area contributed by atoms with Gasteiger partial charge in [-0.3, -0.25) is 19.1 Å². The Labute approximate surface area is 187 Å². The molecule has 2 fully saturated rings. The third-order valence-electron chi connectivity index (χ3n) is 5.68. The molecular weight excluding hydrogens is 416 g/mol. The summed E-state index contributed by atoms with van der Waals surface area (Å²) in [6.45, 7) is 9.78. The molecule has 3 heterocycles. The molecule has 30 heavy (non-hydrogen) atoms. The lowest BCUT2D eigenvalue weighted by Crippen LogP contribution is -2.35. The quantitative estimate of drug-likeness (QED) is 0.516. The van der Waals surface area contributed by atoms with Crippen molar-refractivity contribution in [2.75, 3.05) is 18.0 Å². The number of thiocarbonyl (C=S) groups is 1. The number of nitriles is 1. The van der Waals surface area contributed by atoms with E-state index in [1.54, 1.807) is 16.4 Å². The predicted octanol–water partition coefficient (Wildman–Crippen LogP) is 4.04. The van der Waals surface area contributed by atoms with Gasteiger partial charge in [0.05, 0.1) is 4.91 Å². The highest BCUT2D eigenvalue weighted by molar-refractivity contribution is 8.26. The lowest BCUT2D eigenvalue weighted by molar-refractivity contribution is -0.123. The Morgan fingerprint density at radius 2 is 1.83 bits per heavy atom. The Kier molecular flexibility index (Phi) is 7.04. The van der Waals surface area contributed by atoms with Crippen molar-refractivity contribution in [1.82, 2.24) is 9.47 Å². The number of pyridine rings is 1. The predicted molar refractivity (Wildman–Crippen MR) is 127 cm³/mol. The topological polar surface area (TPSA) is 69.3 Å². The zero-order valence-electron chi connectivity index (χ0n) is 18.0. The molecule has 2 aliphatic rings. The molecule has 0 aliphatic carbocycles. The van der Waals surface area contributed by atoms with Gasteiger partial charge in [-0.15, -0.1) is 0 Å². The van der Waals surface area contributed by atoms with Crippen molar-refractivity contribution >= 4 is 46.1 Å². The molecule has 0 bridgehead atoms. The first-order valence-electron chi connectivity index (χ1n) is 10.5. The molecule has 0 spiro atoms. The SMILES string of the molecule is CCn1c(N2CCCCCC2)c(C=C2SC(=S)N(C(C)C)C2=O)c(C)c(C#N)c1=O. The Bertz CT molecular complexity index is 996. The van der Waals surface area contributed by atoms with E-state index in [2.05, 4.69) is 11.0 Å². The number of aromatic nitrogens is 1. The van der Waals surface area contributed by atoms with Crippen molar-refractivity contribution in [1.29, 1.82) is 5.26 Å². The molecule has 1 amide bonds. The number of hydrogen-bond acceptors (Lipinski definition) is 6. The van der Waals surface area contributed by atoms with Gasteiger partial charge in [0, 0.05) is 31.2 Å². The highest BCUT2D eigenvalue weighted by atomic mass is 32.2. The number of carbonyl (C=O) groups is 1. The molecule has 1 aromatic rings. The number of thioether (sulfide) groups is 1. The lowest BCUT2D eigenvalue weighted by Gasteiger charge is -2.29. The fourth-order valence-corrected chi connectivity index (χ4v) is 5.62. The summed E-state index contributed by atoms with van der Waals surface area (Å²) < 4.78 is 2.23. The smallest absolute Gasteiger partial charge is 0.270 e. The van der Waals surface area contributed by atoms with E-state index in [0.29, 0.717) is 21.3 Å². The van der Waals surface area contributed by atoms with Crippen molar-refractivity contribution in [3.8, 4) is 6.07 Å². The van der Waals surface area contributed by atoms with Gasteiger partial charge >= 0.3 is 0 Å². The minimum absolute atomic E-state index is 0.0196. The molecule has 0 unspecified atom stereocenters. The minimum atomic E-state index is -0.261. The largest absolute Gasteiger partial charge is 0.357 e. The molecule has 3 rings (SSSR count). The van der Waals surface area contributed by atoms with Crippen molar-refractivity contribution < 1.29 is 4.79 Å². The molecule has 0 atom stereocenters. The lowest BCUT2D eigenvalue weighted by atomic mass is 10.0. The maximum absolute atomic E-state index is 13.0. The van der Waals surface area contributed by atoms with Crippen molar-refractivity contribution in [2.45, 2.75) is 66.0 Å². The number of anilines is 1. The second-order valence-electron chi connectivity index (χ2n) is 7.95. The summed E-state index contributed by atoms with van der Waals surface area (Å²) in [6, 6.07) is 2.06. The second kappa shape index (κ2) is 9.36. The van der Waals surface area contributed by atoms with Gasteiger partial charge in [-0.25, -0.2) is 0 Å². The number of nitrogens with zero attached hydrogens (tertiary/aromatic N) is 4. The van der Waals surface area contributed by atoms with Gasteiger partial charge in [-0.2, -0.15) is 5.26 Å². The maximum atomic E-state index is 13.0. The van der Waals surface area contributed by atoms with E-state index in [9.17, 15) is 14.9 Å². The van der Waals surface area contributed by atoms with E-state index in [-0.39, 0.29) is 23.1 Å². The fraction of sp³-hybridized carbons (Fsp3) is 0.545.